The van der Waals surface area contributed by atoms with E-state index in [4.69, 9.17) is 11.6 Å². The average Bonchev–Trinajstić information content (AvgIpc) is 2.26. The summed E-state index contributed by atoms with van der Waals surface area (Å²) in [6, 6.07) is 5.56. The maximum atomic E-state index is 12.0. The molecule has 0 radical (unpaired) electrons. The summed E-state index contributed by atoms with van der Waals surface area (Å²) >= 11 is 1.54. The van der Waals surface area contributed by atoms with Crippen LogP contribution in [0.2, 0.25) is 0 Å². The third-order valence-corrected chi connectivity index (χ3v) is 3.60. The minimum Gasteiger partial charge on any atom is -0.399 e. The molecule has 1 aliphatic rings. The van der Waals surface area contributed by atoms with Crippen LogP contribution < -0.4 is 21.9 Å². The van der Waals surface area contributed by atoms with E-state index in [9.17, 15) is 4.79 Å². The van der Waals surface area contributed by atoms with Gasteiger partial charge < -0.3 is 5.73 Å². The number of benzene rings is 1. The maximum Gasteiger partial charge on any atom is 0.241 e. The Labute approximate surface area is 98.1 Å². The molecule has 1 aromatic rings. The van der Waals surface area contributed by atoms with Crippen LogP contribution in [0.25, 0.3) is 0 Å². The molecule has 1 aliphatic heterocycles. The van der Waals surface area contributed by atoms with Crippen molar-refractivity contribution in [3.63, 3.8) is 0 Å². The SMILES string of the molecule is CC1Sc2ccc(N)cc2N(CNN)C1=O. The standard InChI is InChI=1S/C10H14N4OS/c1-6-10(15)14(5-13-12)8-4-7(11)2-3-9(8)16-6/h2-4,6,13H,5,11-12H2,1H3. The number of hydrazine groups is 1. The minimum absolute atomic E-state index is 0.0426. The van der Waals surface area contributed by atoms with Crippen molar-refractivity contribution in [2.24, 2.45) is 5.84 Å². The summed E-state index contributed by atoms with van der Waals surface area (Å²) in [4.78, 5) is 14.6. The van der Waals surface area contributed by atoms with Crippen LogP contribution in [-0.4, -0.2) is 17.8 Å². The second-order valence-electron chi connectivity index (χ2n) is 3.62. The smallest absolute Gasteiger partial charge is 0.241 e. The first kappa shape index (κ1) is 11.3. The summed E-state index contributed by atoms with van der Waals surface area (Å²) in [5.41, 5.74) is 9.69. The molecule has 86 valence electrons. The highest BCUT2D eigenvalue weighted by atomic mass is 32.2. The Morgan fingerprint density at radius 3 is 3.00 bits per heavy atom. The Bertz CT molecular complexity index is 423. The third kappa shape index (κ3) is 1.87. The van der Waals surface area contributed by atoms with Crippen molar-refractivity contribution in [1.29, 1.82) is 0 Å². The zero-order valence-corrected chi connectivity index (χ0v) is 9.75. The normalized spacial score (nSPS) is 19.8. The molecule has 16 heavy (non-hydrogen) atoms. The zero-order valence-electron chi connectivity index (χ0n) is 8.93. The van der Waals surface area contributed by atoms with Crippen molar-refractivity contribution in [1.82, 2.24) is 5.43 Å². The summed E-state index contributed by atoms with van der Waals surface area (Å²) in [5, 5.41) is -0.0931. The summed E-state index contributed by atoms with van der Waals surface area (Å²) < 4.78 is 0. The highest BCUT2D eigenvalue weighted by Crippen LogP contribution is 2.39. The lowest BCUT2D eigenvalue weighted by Gasteiger charge is -2.32. The summed E-state index contributed by atoms with van der Waals surface area (Å²) in [7, 11) is 0. The zero-order chi connectivity index (χ0) is 11.7. The van der Waals surface area contributed by atoms with Crippen molar-refractivity contribution in [2.75, 3.05) is 17.3 Å². The molecule has 0 aromatic heterocycles. The van der Waals surface area contributed by atoms with Gasteiger partial charge in [0.1, 0.15) is 0 Å². The number of nitrogens with zero attached hydrogens (tertiary/aromatic N) is 1. The molecular formula is C10H14N4OS. The van der Waals surface area contributed by atoms with E-state index in [0.717, 1.165) is 10.6 Å². The van der Waals surface area contributed by atoms with Gasteiger partial charge in [-0.25, -0.2) is 5.43 Å². The van der Waals surface area contributed by atoms with Gasteiger partial charge in [0, 0.05) is 10.6 Å². The van der Waals surface area contributed by atoms with Crippen molar-refractivity contribution < 1.29 is 4.79 Å². The van der Waals surface area contributed by atoms with E-state index in [1.54, 1.807) is 22.7 Å². The number of carbonyl (C=O) groups is 1. The first-order valence-corrected chi connectivity index (χ1v) is 5.82. The van der Waals surface area contributed by atoms with Crippen molar-refractivity contribution in [3.8, 4) is 0 Å². The Morgan fingerprint density at radius 1 is 1.56 bits per heavy atom. The van der Waals surface area contributed by atoms with Crippen LogP contribution in [0.3, 0.4) is 0 Å². The largest absolute Gasteiger partial charge is 0.399 e. The van der Waals surface area contributed by atoms with E-state index < -0.39 is 0 Å². The van der Waals surface area contributed by atoms with Gasteiger partial charge in [0.15, 0.2) is 0 Å². The molecule has 2 rings (SSSR count). The molecule has 0 saturated carbocycles. The molecule has 0 saturated heterocycles. The fourth-order valence-electron chi connectivity index (χ4n) is 1.68. The number of hydrogen-bond acceptors (Lipinski definition) is 5. The van der Waals surface area contributed by atoms with Gasteiger partial charge in [-0.15, -0.1) is 11.8 Å². The molecule has 6 heteroatoms. The second kappa shape index (κ2) is 4.32. The van der Waals surface area contributed by atoms with Crippen molar-refractivity contribution in [3.05, 3.63) is 18.2 Å². The number of rotatable bonds is 2. The van der Waals surface area contributed by atoms with Gasteiger partial charge in [-0.1, -0.05) is 0 Å². The lowest BCUT2D eigenvalue weighted by Crippen LogP contribution is -2.46. The molecule has 1 aromatic carbocycles. The fraction of sp³-hybridized carbons (Fsp3) is 0.300. The molecule has 5 N–H and O–H groups in total. The number of amides is 1. The van der Waals surface area contributed by atoms with E-state index in [-0.39, 0.29) is 11.2 Å². The Balaban J connectivity index is 2.45. The Morgan fingerprint density at radius 2 is 2.31 bits per heavy atom. The molecule has 1 unspecified atom stereocenters. The molecule has 1 amide bonds. The van der Waals surface area contributed by atoms with Gasteiger partial charge in [-0.3, -0.25) is 15.5 Å². The molecule has 5 nitrogen and oxygen atoms in total. The molecular weight excluding hydrogens is 224 g/mol. The molecule has 0 spiro atoms. The number of hydrogen-bond donors (Lipinski definition) is 3. The number of nitrogens with one attached hydrogen (secondary N) is 1. The monoisotopic (exact) mass is 238 g/mol. The van der Waals surface area contributed by atoms with Crippen LogP contribution in [0.5, 0.6) is 0 Å². The van der Waals surface area contributed by atoms with Crippen LogP contribution in [0.4, 0.5) is 11.4 Å². The molecule has 0 bridgehead atoms. The first-order valence-electron chi connectivity index (χ1n) is 4.94. The van der Waals surface area contributed by atoms with E-state index in [1.807, 2.05) is 19.1 Å². The topological polar surface area (TPSA) is 84.4 Å². The average molecular weight is 238 g/mol. The van der Waals surface area contributed by atoms with E-state index >= 15 is 0 Å². The van der Waals surface area contributed by atoms with E-state index in [2.05, 4.69) is 5.43 Å². The van der Waals surface area contributed by atoms with Gasteiger partial charge in [0.25, 0.3) is 0 Å². The number of anilines is 2. The van der Waals surface area contributed by atoms with Crippen molar-refractivity contribution in [2.45, 2.75) is 17.1 Å². The number of fused-ring (bicyclic) bond motifs is 1. The molecule has 0 fully saturated rings. The quantitative estimate of drug-likeness (QED) is 0.397. The number of nitrogen functional groups attached to an aromatic ring is 1. The van der Waals surface area contributed by atoms with Crippen LogP contribution in [-0.2, 0) is 4.79 Å². The predicted molar refractivity (Wildman–Crippen MR) is 65.8 cm³/mol. The van der Waals surface area contributed by atoms with Crippen LogP contribution >= 0.6 is 11.8 Å². The summed E-state index contributed by atoms with van der Waals surface area (Å²) in [6.45, 7) is 2.18. The molecule has 1 atom stereocenters. The number of nitrogens with two attached hydrogens (primary N) is 2. The second-order valence-corrected chi connectivity index (χ2v) is 5.00. The van der Waals surface area contributed by atoms with Crippen LogP contribution in [0.15, 0.2) is 23.1 Å². The highest BCUT2D eigenvalue weighted by molar-refractivity contribution is 8.00. The summed E-state index contributed by atoms with van der Waals surface area (Å²) in [5.74, 6) is 5.32. The fourth-order valence-corrected chi connectivity index (χ4v) is 2.72. The van der Waals surface area contributed by atoms with Crippen molar-refractivity contribution >= 4 is 29.0 Å². The molecule has 0 aliphatic carbocycles. The number of thioether (sulfide) groups is 1. The lowest BCUT2D eigenvalue weighted by molar-refractivity contribution is -0.118. The summed E-state index contributed by atoms with van der Waals surface area (Å²) in [6.07, 6.45) is 0. The van der Waals surface area contributed by atoms with Gasteiger partial charge >= 0.3 is 0 Å². The maximum absolute atomic E-state index is 12.0. The minimum atomic E-state index is -0.0931. The highest BCUT2D eigenvalue weighted by Gasteiger charge is 2.30. The van der Waals surface area contributed by atoms with Crippen LogP contribution in [0, 0.1) is 0 Å². The lowest BCUT2D eigenvalue weighted by atomic mass is 10.2. The Kier molecular flexibility index (Phi) is 3.04. The first-order chi connectivity index (χ1) is 7.63. The number of carbonyl (C=O) groups excluding carboxylic acids is 1. The van der Waals surface area contributed by atoms with Gasteiger partial charge in [-0.2, -0.15) is 0 Å². The third-order valence-electron chi connectivity index (χ3n) is 2.44. The van der Waals surface area contributed by atoms with E-state index in [1.165, 1.54) is 0 Å². The van der Waals surface area contributed by atoms with Crippen LogP contribution in [0.1, 0.15) is 6.92 Å². The van der Waals surface area contributed by atoms with Gasteiger partial charge in [0.2, 0.25) is 5.91 Å². The van der Waals surface area contributed by atoms with E-state index in [0.29, 0.717) is 12.4 Å². The molecule has 1 heterocycles. The van der Waals surface area contributed by atoms with Gasteiger partial charge in [0.05, 0.1) is 17.6 Å². The van der Waals surface area contributed by atoms with Gasteiger partial charge in [-0.05, 0) is 25.1 Å². The Hall–Kier alpha value is -1.24. The predicted octanol–water partition coefficient (Wildman–Crippen LogP) is 0.517.